The largest absolute Gasteiger partial charge is 0.309 e. The second kappa shape index (κ2) is 15.2. The molecule has 0 aromatic heterocycles. The van der Waals surface area contributed by atoms with Crippen LogP contribution in [0.25, 0.3) is 66.1 Å². The first-order chi connectivity index (χ1) is 28.5. The summed E-state index contributed by atoms with van der Waals surface area (Å²) in [4.78, 5) is 2.46. The molecule has 9 aromatic carbocycles. The maximum Gasteiger partial charge on any atom is 0.0540 e. The van der Waals surface area contributed by atoms with Crippen LogP contribution in [-0.4, -0.2) is 0 Å². The topological polar surface area (TPSA) is 3.24 Å². The Bertz CT molecular complexity index is 2900. The molecule has 1 nitrogen and oxygen atoms in total. The molecule has 0 spiro atoms. The fourth-order valence-electron chi connectivity index (χ4n) is 8.46. The van der Waals surface area contributed by atoms with Crippen LogP contribution in [0.5, 0.6) is 0 Å². The maximum absolute atomic E-state index is 2.46. The van der Waals surface area contributed by atoms with Crippen LogP contribution in [0.15, 0.2) is 200 Å². The molecule has 0 aliphatic carbocycles. The van der Waals surface area contributed by atoms with Gasteiger partial charge in [0.05, 0.1) is 11.4 Å². The molecule has 0 unspecified atom stereocenters. The number of rotatable bonds is 7. The maximum atomic E-state index is 2.46. The summed E-state index contributed by atoms with van der Waals surface area (Å²) in [6.07, 6.45) is 0. The highest BCUT2D eigenvalue weighted by Crippen LogP contribution is 2.48. The third-order valence-electron chi connectivity index (χ3n) is 11.8. The van der Waals surface area contributed by atoms with Crippen molar-refractivity contribution in [2.24, 2.45) is 0 Å². The number of benzene rings is 9. The summed E-state index contributed by atoms with van der Waals surface area (Å²) in [7, 11) is 0. The summed E-state index contributed by atoms with van der Waals surface area (Å²) in [6, 6.07) is 73.8. The molecule has 0 bridgehead atoms. The standard InChI is InChI=1S/C58H51N/c1-57(2,3)47-37-46(38-48(39-47)58(4,5)6)51-26-16-22-43-23-17-27-53(56(43)51)52-25-13-15-29-55(52)59(54-28-14-12-24-50(54)42-19-8-7-9-20-42)49-34-32-41(33-35-49)45-31-30-40-18-10-11-21-44(40)36-45/h7-39H,1-6H3. The molecule has 288 valence electrons. The average Bonchev–Trinajstić information content (AvgIpc) is 3.26. The van der Waals surface area contributed by atoms with Crippen LogP contribution in [0.1, 0.15) is 52.7 Å². The lowest BCUT2D eigenvalue weighted by Gasteiger charge is -2.30. The van der Waals surface area contributed by atoms with E-state index in [9.17, 15) is 0 Å². The average molecular weight is 762 g/mol. The van der Waals surface area contributed by atoms with E-state index in [1.165, 1.54) is 77.2 Å². The normalized spacial score (nSPS) is 11.9. The van der Waals surface area contributed by atoms with Crippen molar-refractivity contribution in [1.29, 1.82) is 0 Å². The summed E-state index contributed by atoms with van der Waals surface area (Å²) < 4.78 is 0. The molecule has 0 aliphatic rings. The van der Waals surface area contributed by atoms with Gasteiger partial charge in [-0.25, -0.2) is 0 Å². The number of fused-ring (bicyclic) bond motifs is 2. The van der Waals surface area contributed by atoms with Gasteiger partial charge in [-0.3, -0.25) is 0 Å². The third-order valence-corrected chi connectivity index (χ3v) is 11.8. The van der Waals surface area contributed by atoms with E-state index in [4.69, 9.17) is 0 Å². The fraction of sp³-hybridized carbons (Fsp3) is 0.138. The van der Waals surface area contributed by atoms with Crippen LogP contribution in [0, 0.1) is 0 Å². The molecule has 0 saturated heterocycles. The molecular weight excluding hydrogens is 711 g/mol. The Labute approximate surface area is 350 Å². The van der Waals surface area contributed by atoms with Gasteiger partial charge in [-0.1, -0.05) is 211 Å². The highest BCUT2D eigenvalue weighted by atomic mass is 15.1. The lowest BCUT2D eigenvalue weighted by Crippen LogP contribution is -2.16. The quantitative estimate of drug-likeness (QED) is 0.156. The molecule has 0 aliphatic heterocycles. The van der Waals surface area contributed by atoms with Crippen molar-refractivity contribution in [2.75, 3.05) is 4.90 Å². The van der Waals surface area contributed by atoms with Gasteiger partial charge < -0.3 is 4.90 Å². The van der Waals surface area contributed by atoms with Gasteiger partial charge in [0.1, 0.15) is 0 Å². The van der Waals surface area contributed by atoms with Gasteiger partial charge in [0, 0.05) is 16.8 Å². The lowest BCUT2D eigenvalue weighted by molar-refractivity contribution is 0.569. The third kappa shape index (κ3) is 7.46. The molecule has 0 amide bonds. The second-order valence-electron chi connectivity index (χ2n) is 17.9. The van der Waals surface area contributed by atoms with Gasteiger partial charge in [-0.05, 0) is 107 Å². The molecule has 0 heterocycles. The van der Waals surface area contributed by atoms with Crippen molar-refractivity contribution < 1.29 is 0 Å². The summed E-state index contributed by atoms with van der Waals surface area (Å²) in [5.41, 5.74) is 15.7. The predicted octanol–water partition coefficient (Wildman–Crippen LogP) is 16.7. The van der Waals surface area contributed by atoms with E-state index in [1.807, 2.05) is 0 Å². The Morgan fingerprint density at radius 1 is 0.305 bits per heavy atom. The van der Waals surface area contributed by atoms with Crippen LogP contribution in [-0.2, 0) is 10.8 Å². The summed E-state index contributed by atoms with van der Waals surface area (Å²) in [6.45, 7) is 13.9. The van der Waals surface area contributed by atoms with Crippen LogP contribution >= 0.6 is 0 Å². The molecule has 0 atom stereocenters. The molecule has 0 saturated carbocycles. The van der Waals surface area contributed by atoms with Gasteiger partial charge in [-0.15, -0.1) is 0 Å². The van der Waals surface area contributed by atoms with Crippen molar-refractivity contribution in [2.45, 2.75) is 52.4 Å². The molecule has 59 heavy (non-hydrogen) atoms. The summed E-state index contributed by atoms with van der Waals surface area (Å²) in [5, 5.41) is 4.98. The Balaban J connectivity index is 1.26. The Morgan fingerprint density at radius 2 is 0.814 bits per heavy atom. The van der Waals surface area contributed by atoms with E-state index in [-0.39, 0.29) is 10.8 Å². The Kier molecular flexibility index (Phi) is 9.77. The SMILES string of the molecule is CC(C)(C)c1cc(-c2cccc3cccc(-c4ccccc4N(c4ccc(-c5ccc6ccccc6c5)cc4)c4ccccc4-c4ccccc4)c23)cc(C(C)(C)C)c1. The molecule has 9 aromatic rings. The molecule has 9 rings (SSSR count). The van der Waals surface area contributed by atoms with E-state index >= 15 is 0 Å². The summed E-state index contributed by atoms with van der Waals surface area (Å²) >= 11 is 0. The number of anilines is 3. The lowest BCUT2D eigenvalue weighted by atomic mass is 9.78. The zero-order valence-corrected chi connectivity index (χ0v) is 35.0. The predicted molar refractivity (Wildman–Crippen MR) is 255 cm³/mol. The van der Waals surface area contributed by atoms with Gasteiger partial charge >= 0.3 is 0 Å². The Hall–Kier alpha value is -6.70. The zero-order chi connectivity index (χ0) is 40.7. The molecular formula is C58H51N. The zero-order valence-electron chi connectivity index (χ0n) is 35.0. The van der Waals surface area contributed by atoms with Crippen LogP contribution in [0.4, 0.5) is 17.1 Å². The minimum Gasteiger partial charge on any atom is -0.309 e. The fourth-order valence-corrected chi connectivity index (χ4v) is 8.46. The van der Waals surface area contributed by atoms with E-state index < -0.39 is 0 Å². The van der Waals surface area contributed by atoms with E-state index in [0.29, 0.717) is 0 Å². The number of nitrogens with zero attached hydrogens (tertiary/aromatic N) is 1. The number of hydrogen-bond donors (Lipinski definition) is 0. The minimum absolute atomic E-state index is 0.00647. The van der Waals surface area contributed by atoms with Gasteiger partial charge in [0.15, 0.2) is 0 Å². The molecule has 0 N–H and O–H groups in total. The van der Waals surface area contributed by atoms with Crippen molar-refractivity contribution in [3.63, 3.8) is 0 Å². The van der Waals surface area contributed by atoms with Crippen LogP contribution in [0.3, 0.4) is 0 Å². The van der Waals surface area contributed by atoms with E-state index in [2.05, 4.69) is 247 Å². The first kappa shape index (κ1) is 37.9. The van der Waals surface area contributed by atoms with Gasteiger partial charge in [0.2, 0.25) is 0 Å². The number of hydrogen-bond acceptors (Lipinski definition) is 1. The Morgan fingerprint density at radius 3 is 1.47 bits per heavy atom. The first-order valence-corrected chi connectivity index (χ1v) is 20.8. The van der Waals surface area contributed by atoms with Crippen molar-refractivity contribution >= 4 is 38.6 Å². The molecule has 0 fully saturated rings. The smallest absolute Gasteiger partial charge is 0.0540 e. The highest BCUT2D eigenvalue weighted by Gasteiger charge is 2.24. The second-order valence-corrected chi connectivity index (χ2v) is 17.9. The van der Waals surface area contributed by atoms with Crippen molar-refractivity contribution in [3.05, 3.63) is 211 Å². The van der Waals surface area contributed by atoms with Crippen LogP contribution in [0.2, 0.25) is 0 Å². The van der Waals surface area contributed by atoms with E-state index in [0.717, 1.165) is 17.1 Å². The minimum atomic E-state index is 0.00647. The van der Waals surface area contributed by atoms with Crippen molar-refractivity contribution in [3.8, 4) is 44.5 Å². The summed E-state index contributed by atoms with van der Waals surface area (Å²) in [5.74, 6) is 0. The molecule has 0 radical (unpaired) electrons. The van der Waals surface area contributed by atoms with E-state index in [1.54, 1.807) is 0 Å². The van der Waals surface area contributed by atoms with Gasteiger partial charge in [-0.2, -0.15) is 0 Å². The molecule has 1 heteroatoms. The van der Waals surface area contributed by atoms with Crippen molar-refractivity contribution in [1.82, 2.24) is 0 Å². The monoisotopic (exact) mass is 761 g/mol. The first-order valence-electron chi connectivity index (χ1n) is 20.8. The highest BCUT2D eigenvalue weighted by molar-refractivity contribution is 6.09. The number of para-hydroxylation sites is 2. The van der Waals surface area contributed by atoms with Gasteiger partial charge in [0.25, 0.3) is 0 Å². The van der Waals surface area contributed by atoms with Crippen LogP contribution < -0.4 is 4.90 Å².